The van der Waals surface area contributed by atoms with E-state index in [1.165, 1.54) is 6.39 Å². The Morgan fingerprint density at radius 3 is 2.70 bits per heavy atom. The van der Waals surface area contributed by atoms with E-state index >= 15 is 0 Å². The van der Waals surface area contributed by atoms with Gasteiger partial charge in [0.15, 0.2) is 12.0 Å². The van der Waals surface area contributed by atoms with Crippen molar-refractivity contribution in [2.45, 2.75) is 0 Å². The number of para-hydroxylation sites is 2. The monoisotopic (exact) mass is 368 g/mol. The van der Waals surface area contributed by atoms with Gasteiger partial charge in [0.2, 0.25) is 0 Å². The zero-order valence-corrected chi connectivity index (χ0v) is 14.8. The molecule has 6 aromatic rings. The maximum atomic E-state index is 5.41. The maximum Gasteiger partial charge on any atom is 0.181 e. The number of thiazole rings is 1. The van der Waals surface area contributed by atoms with Gasteiger partial charge < -0.3 is 9.40 Å². The Morgan fingerprint density at radius 1 is 0.815 bits per heavy atom. The molecule has 3 aromatic carbocycles. The predicted octanol–water partition coefficient (Wildman–Crippen LogP) is 5.65. The lowest BCUT2D eigenvalue weighted by Gasteiger charge is -1.96. The summed E-state index contributed by atoms with van der Waals surface area (Å²) in [7, 11) is 0. The van der Waals surface area contributed by atoms with E-state index < -0.39 is 0 Å². The van der Waals surface area contributed by atoms with Crippen LogP contribution in [0.25, 0.3) is 54.3 Å². The number of fused-ring (bicyclic) bond motifs is 3. The fourth-order valence-corrected chi connectivity index (χ4v) is 4.22. The van der Waals surface area contributed by atoms with Crippen molar-refractivity contribution in [3.05, 3.63) is 67.1 Å². The first-order valence-electron chi connectivity index (χ1n) is 8.53. The van der Waals surface area contributed by atoms with Crippen LogP contribution in [-0.2, 0) is 0 Å². The number of oxazole rings is 1. The molecule has 27 heavy (non-hydrogen) atoms. The van der Waals surface area contributed by atoms with Crippen LogP contribution < -0.4 is 0 Å². The second-order valence-electron chi connectivity index (χ2n) is 6.34. The zero-order chi connectivity index (χ0) is 17.8. The number of H-pyrrole nitrogens is 1. The number of hydrogen-bond donors (Lipinski definition) is 1. The van der Waals surface area contributed by atoms with Crippen LogP contribution in [0.4, 0.5) is 0 Å². The molecule has 6 heteroatoms. The van der Waals surface area contributed by atoms with Gasteiger partial charge in [0, 0.05) is 11.1 Å². The summed E-state index contributed by atoms with van der Waals surface area (Å²) < 4.78 is 6.55. The van der Waals surface area contributed by atoms with Crippen LogP contribution in [0.2, 0.25) is 0 Å². The Kier molecular flexibility index (Phi) is 2.98. The molecule has 0 unspecified atom stereocenters. The first-order chi connectivity index (χ1) is 13.3. The van der Waals surface area contributed by atoms with Crippen molar-refractivity contribution in [3.8, 4) is 22.0 Å². The molecule has 0 fully saturated rings. The lowest BCUT2D eigenvalue weighted by atomic mass is 10.2. The fourth-order valence-electron chi connectivity index (χ4n) is 3.28. The van der Waals surface area contributed by atoms with Crippen molar-refractivity contribution in [1.82, 2.24) is 19.9 Å². The van der Waals surface area contributed by atoms with E-state index in [4.69, 9.17) is 9.40 Å². The van der Waals surface area contributed by atoms with Crippen molar-refractivity contribution in [3.63, 3.8) is 0 Å². The van der Waals surface area contributed by atoms with Crippen molar-refractivity contribution >= 4 is 43.7 Å². The van der Waals surface area contributed by atoms with Crippen LogP contribution in [0.5, 0.6) is 0 Å². The lowest BCUT2D eigenvalue weighted by molar-refractivity contribution is 0.602. The summed E-state index contributed by atoms with van der Waals surface area (Å²) >= 11 is 1.67. The van der Waals surface area contributed by atoms with Gasteiger partial charge in [-0.15, -0.1) is 11.3 Å². The molecule has 0 bridgehead atoms. The molecule has 0 aliphatic rings. The number of aromatic nitrogens is 4. The number of rotatable bonds is 2. The molecule has 1 N–H and O–H groups in total. The van der Waals surface area contributed by atoms with Gasteiger partial charge in [-0.25, -0.2) is 15.0 Å². The molecule has 0 amide bonds. The fraction of sp³-hybridized carbons (Fsp3) is 0. The number of hydrogen-bond acceptors (Lipinski definition) is 5. The number of nitrogens with one attached hydrogen (secondary N) is 1. The molecule has 0 saturated heterocycles. The van der Waals surface area contributed by atoms with Crippen LogP contribution in [0.3, 0.4) is 0 Å². The van der Waals surface area contributed by atoms with Gasteiger partial charge >= 0.3 is 0 Å². The largest absolute Gasteiger partial charge is 0.443 e. The van der Waals surface area contributed by atoms with E-state index in [9.17, 15) is 0 Å². The zero-order valence-electron chi connectivity index (χ0n) is 14.0. The summed E-state index contributed by atoms with van der Waals surface area (Å²) in [4.78, 5) is 17.1. The van der Waals surface area contributed by atoms with Crippen LogP contribution >= 0.6 is 11.3 Å². The third kappa shape index (κ3) is 2.34. The second kappa shape index (κ2) is 5.49. The summed E-state index contributed by atoms with van der Waals surface area (Å²) in [6, 6.07) is 20.3. The van der Waals surface area contributed by atoms with E-state index in [0.717, 1.165) is 54.3 Å². The smallest absolute Gasteiger partial charge is 0.181 e. The molecule has 128 valence electrons. The average molecular weight is 368 g/mol. The number of imidazole rings is 1. The molecule has 0 spiro atoms. The Hall–Kier alpha value is -3.51. The molecule has 0 radical (unpaired) electrons. The summed E-state index contributed by atoms with van der Waals surface area (Å²) in [5.41, 5.74) is 6.65. The third-order valence-corrected chi connectivity index (χ3v) is 5.71. The normalized spacial score (nSPS) is 11.7. The third-order valence-electron chi connectivity index (χ3n) is 4.63. The van der Waals surface area contributed by atoms with Gasteiger partial charge in [0.25, 0.3) is 0 Å². The minimum Gasteiger partial charge on any atom is -0.443 e. The second-order valence-corrected chi connectivity index (χ2v) is 7.37. The molecule has 0 aliphatic heterocycles. The van der Waals surface area contributed by atoms with Gasteiger partial charge in [-0.2, -0.15) is 0 Å². The predicted molar refractivity (Wildman–Crippen MR) is 108 cm³/mol. The molecule has 3 aromatic heterocycles. The number of benzene rings is 3. The molecular formula is C21H12N4OS. The van der Waals surface area contributed by atoms with E-state index in [-0.39, 0.29) is 0 Å². The van der Waals surface area contributed by atoms with Crippen LogP contribution in [0, 0.1) is 0 Å². The van der Waals surface area contributed by atoms with Gasteiger partial charge in [-0.05, 0) is 48.5 Å². The number of aromatic amines is 1. The van der Waals surface area contributed by atoms with Crippen LogP contribution in [0.1, 0.15) is 0 Å². The highest BCUT2D eigenvalue weighted by atomic mass is 32.1. The SMILES string of the molecule is c1ccc2[nH]c(-c3ccc4sc(-c5ccc6ncoc6c5)nc4c3)nc2c1. The van der Waals surface area contributed by atoms with Crippen molar-refractivity contribution in [2.24, 2.45) is 0 Å². The standard InChI is InChI=1S/C21H12N4OS/c1-2-4-15-14(3-1)23-20(24-15)12-6-8-19-17(9-12)25-21(27-19)13-5-7-16-18(10-13)26-11-22-16/h1-11H,(H,23,24). The average Bonchev–Trinajstić information content (AvgIpc) is 3.42. The quantitative estimate of drug-likeness (QED) is 0.429. The van der Waals surface area contributed by atoms with Crippen LogP contribution in [0.15, 0.2) is 71.5 Å². The minimum atomic E-state index is 0.773. The Bertz CT molecular complexity index is 1410. The van der Waals surface area contributed by atoms with E-state index in [1.807, 2.05) is 42.5 Å². The molecule has 0 saturated carbocycles. The molecular weight excluding hydrogens is 356 g/mol. The highest BCUT2D eigenvalue weighted by Gasteiger charge is 2.11. The summed E-state index contributed by atoms with van der Waals surface area (Å²) in [6.45, 7) is 0. The van der Waals surface area contributed by atoms with E-state index in [0.29, 0.717) is 0 Å². The summed E-state index contributed by atoms with van der Waals surface area (Å²) in [5, 5.41) is 0.963. The highest BCUT2D eigenvalue weighted by molar-refractivity contribution is 7.21. The summed E-state index contributed by atoms with van der Waals surface area (Å²) in [5.74, 6) is 0.857. The minimum absolute atomic E-state index is 0.773. The Balaban J connectivity index is 1.46. The summed E-state index contributed by atoms with van der Waals surface area (Å²) in [6.07, 6.45) is 1.46. The van der Waals surface area contributed by atoms with Gasteiger partial charge in [0.05, 0.1) is 21.3 Å². The maximum absolute atomic E-state index is 5.41. The van der Waals surface area contributed by atoms with E-state index in [2.05, 4.69) is 33.2 Å². The Morgan fingerprint density at radius 2 is 1.74 bits per heavy atom. The van der Waals surface area contributed by atoms with Gasteiger partial charge in [-0.3, -0.25) is 0 Å². The first kappa shape index (κ1) is 14.6. The topological polar surface area (TPSA) is 67.6 Å². The van der Waals surface area contributed by atoms with Crippen molar-refractivity contribution in [1.29, 1.82) is 0 Å². The lowest BCUT2D eigenvalue weighted by Crippen LogP contribution is -1.80. The molecule has 0 aliphatic carbocycles. The molecule has 6 rings (SSSR count). The van der Waals surface area contributed by atoms with Gasteiger partial charge in [-0.1, -0.05) is 12.1 Å². The van der Waals surface area contributed by atoms with Crippen LogP contribution in [-0.4, -0.2) is 19.9 Å². The van der Waals surface area contributed by atoms with E-state index in [1.54, 1.807) is 11.3 Å². The van der Waals surface area contributed by atoms with Gasteiger partial charge in [0.1, 0.15) is 16.3 Å². The molecule has 5 nitrogen and oxygen atoms in total. The molecule has 0 atom stereocenters. The molecule has 3 heterocycles. The highest BCUT2D eigenvalue weighted by Crippen LogP contribution is 2.33. The van der Waals surface area contributed by atoms with Crippen molar-refractivity contribution in [2.75, 3.05) is 0 Å². The first-order valence-corrected chi connectivity index (χ1v) is 9.34. The Labute approximate surface area is 157 Å². The van der Waals surface area contributed by atoms with Crippen molar-refractivity contribution < 1.29 is 4.42 Å². The number of nitrogens with zero attached hydrogens (tertiary/aromatic N) is 3.